The van der Waals surface area contributed by atoms with Gasteiger partial charge in [0, 0.05) is 15.7 Å². The van der Waals surface area contributed by atoms with Crippen molar-refractivity contribution in [3.63, 3.8) is 0 Å². The average Bonchev–Trinajstić information content (AvgIpc) is 2.54. The quantitative estimate of drug-likeness (QED) is 0.424. The Morgan fingerprint density at radius 2 is 2.54 bits per heavy atom. The summed E-state index contributed by atoms with van der Waals surface area (Å²) in [6.07, 6.45) is 0. The predicted octanol–water partition coefficient (Wildman–Crippen LogP) is 2.60. The highest BCUT2D eigenvalue weighted by Crippen LogP contribution is 2.24. The molecule has 0 saturated heterocycles. The highest BCUT2D eigenvalue weighted by atomic mass is 32.1. The second-order valence-corrected chi connectivity index (χ2v) is 2.82. The molecule has 0 N–H and O–H groups in total. The van der Waals surface area contributed by atoms with Gasteiger partial charge >= 0.3 is 0 Å². The minimum atomic E-state index is -0.604. The van der Waals surface area contributed by atoms with Crippen LogP contribution in [0.15, 0.2) is 15.9 Å². The van der Waals surface area contributed by atoms with Crippen LogP contribution >= 0.6 is 11.3 Å². The molecule has 68 valence electrons. The first-order chi connectivity index (χ1) is 6.29. The number of thiophene rings is 1. The van der Waals surface area contributed by atoms with E-state index in [4.69, 9.17) is 10.3 Å². The van der Waals surface area contributed by atoms with Crippen molar-refractivity contribution < 1.29 is 9.53 Å². The number of nitrogens with zero attached hydrogens (tertiary/aromatic N) is 3. The molecular weight excluding hydrogens is 190 g/mol. The van der Waals surface area contributed by atoms with Crippen LogP contribution in [0.2, 0.25) is 0 Å². The maximum Gasteiger partial charge on any atom is 0.253 e. The summed E-state index contributed by atoms with van der Waals surface area (Å²) in [5.41, 5.74) is 8.38. The third-order valence-electron chi connectivity index (χ3n) is 1.29. The first-order valence-corrected chi connectivity index (χ1v) is 4.52. The van der Waals surface area contributed by atoms with Gasteiger partial charge < -0.3 is 4.74 Å². The van der Waals surface area contributed by atoms with Gasteiger partial charge in [-0.15, -0.1) is 11.3 Å². The molecule has 0 aliphatic heterocycles. The molecule has 0 atom stereocenters. The van der Waals surface area contributed by atoms with Gasteiger partial charge in [0.05, 0.1) is 12.2 Å². The Balaban J connectivity index is 2.92. The Kier molecular flexibility index (Phi) is 3.31. The summed E-state index contributed by atoms with van der Waals surface area (Å²) in [7, 11) is 0. The molecule has 1 rings (SSSR count). The van der Waals surface area contributed by atoms with Crippen molar-refractivity contribution in [2.24, 2.45) is 5.11 Å². The normalized spacial score (nSPS) is 9.00. The molecule has 1 aromatic rings. The van der Waals surface area contributed by atoms with Gasteiger partial charge in [-0.3, -0.25) is 4.79 Å². The molecule has 6 heteroatoms. The zero-order chi connectivity index (χ0) is 9.68. The highest BCUT2D eigenvalue weighted by molar-refractivity contribution is 7.08. The van der Waals surface area contributed by atoms with E-state index >= 15 is 0 Å². The van der Waals surface area contributed by atoms with E-state index < -0.39 is 5.91 Å². The van der Waals surface area contributed by atoms with E-state index in [-0.39, 0.29) is 0 Å². The second-order valence-electron chi connectivity index (χ2n) is 2.08. The predicted molar refractivity (Wildman–Crippen MR) is 49.0 cm³/mol. The lowest BCUT2D eigenvalue weighted by Gasteiger charge is -2.00. The SMILES string of the molecule is CCOc1cscc1C(=O)N=[N+]=[N-]. The molecule has 0 bridgehead atoms. The largest absolute Gasteiger partial charge is 0.492 e. The number of azide groups is 1. The standard InChI is InChI=1S/C7H7N3O2S/c1-2-12-6-4-13-3-5(6)7(11)9-10-8/h3-4H,2H2,1H3. The highest BCUT2D eigenvalue weighted by Gasteiger charge is 2.11. The molecule has 0 aromatic carbocycles. The van der Waals surface area contributed by atoms with E-state index in [1.807, 2.05) is 6.92 Å². The number of hydrogen-bond donors (Lipinski definition) is 0. The van der Waals surface area contributed by atoms with E-state index in [1.165, 1.54) is 11.3 Å². The molecule has 0 aliphatic carbocycles. The average molecular weight is 197 g/mol. The molecule has 5 nitrogen and oxygen atoms in total. The lowest BCUT2D eigenvalue weighted by Crippen LogP contribution is -1.97. The number of hydrogen-bond acceptors (Lipinski definition) is 3. The fraction of sp³-hybridized carbons (Fsp3) is 0.286. The van der Waals surface area contributed by atoms with E-state index in [1.54, 1.807) is 10.8 Å². The van der Waals surface area contributed by atoms with Gasteiger partial charge in [0.25, 0.3) is 5.91 Å². The van der Waals surface area contributed by atoms with Gasteiger partial charge in [0.1, 0.15) is 5.75 Å². The number of rotatable bonds is 3. The fourth-order valence-corrected chi connectivity index (χ4v) is 1.54. The van der Waals surface area contributed by atoms with Crippen LogP contribution in [0.4, 0.5) is 0 Å². The van der Waals surface area contributed by atoms with E-state index in [0.29, 0.717) is 17.9 Å². The Hall–Kier alpha value is -1.52. The maximum absolute atomic E-state index is 11.1. The minimum Gasteiger partial charge on any atom is -0.492 e. The molecule has 0 spiro atoms. The Labute approximate surface area is 78.6 Å². The molecule has 0 radical (unpaired) electrons. The van der Waals surface area contributed by atoms with Crippen molar-refractivity contribution in [2.45, 2.75) is 6.92 Å². The van der Waals surface area contributed by atoms with E-state index in [2.05, 4.69) is 10.0 Å². The summed E-state index contributed by atoms with van der Waals surface area (Å²) in [6.45, 7) is 2.30. The van der Waals surface area contributed by atoms with Crippen LogP contribution in [0, 0.1) is 0 Å². The topological polar surface area (TPSA) is 75.1 Å². The van der Waals surface area contributed by atoms with Crippen LogP contribution in [-0.4, -0.2) is 12.5 Å². The van der Waals surface area contributed by atoms with Crippen molar-refractivity contribution in [3.8, 4) is 5.75 Å². The molecule has 13 heavy (non-hydrogen) atoms. The Morgan fingerprint density at radius 1 is 1.77 bits per heavy atom. The zero-order valence-electron chi connectivity index (χ0n) is 6.93. The van der Waals surface area contributed by atoms with Crippen LogP contribution in [0.3, 0.4) is 0 Å². The van der Waals surface area contributed by atoms with Gasteiger partial charge in [-0.05, 0) is 17.6 Å². The lowest BCUT2D eigenvalue weighted by molar-refractivity contribution is 0.0997. The van der Waals surface area contributed by atoms with Gasteiger partial charge in [0.2, 0.25) is 0 Å². The molecule has 0 unspecified atom stereocenters. The van der Waals surface area contributed by atoms with Crippen LogP contribution in [-0.2, 0) is 0 Å². The third kappa shape index (κ3) is 2.21. The first-order valence-electron chi connectivity index (χ1n) is 3.58. The summed E-state index contributed by atoms with van der Waals surface area (Å²) in [4.78, 5) is 13.5. The van der Waals surface area contributed by atoms with Gasteiger partial charge in [-0.2, -0.15) is 0 Å². The number of carbonyl (C=O) groups excluding carboxylic acids is 1. The van der Waals surface area contributed by atoms with Crippen molar-refractivity contribution in [2.75, 3.05) is 6.61 Å². The van der Waals surface area contributed by atoms with Crippen LogP contribution in [0.5, 0.6) is 5.75 Å². The minimum absolute atomic E-state index is 0.324. The summed E-state index contributed by atoms with van der Waals surface area (Å²) >= 11 is 1.33. The first kappa shape index (κ1) is 9.57. The number of amides is 1. The molecule has 1 aromatic heterocycles. The third-order valence-corrected chi connectivity index (χ3v) is 2.01. The molecule has 0 fully saturated rings. The van der Waals surface area contributed by atoms with Crippen LogP contribution in [0.25, 0.3) is 10.4 Å². The van der Waals surface area contributed by atoms with Gasteiger partial charge in [0.15, 0.2) is 0 Å². The summed E-state index contributed by atoms with van der Waals surface area (Å²) in [5, 5.41) is 6.28. The Morgan fingerprint density at radius 3 is 3.15 bits per heavy atom. The summed E-state index contributed by atoms with van der Waals surface area (Å²) in [5.74, 6) is -0.128. The molecule has 0 aliphatic rings. The van der Waals surface area contributed by atoms with E-state index in [9.17, 15) is 4.79 Å². The van der Waals surface area contributed by atoms with E-state index in [0.717, 1.165) is 0 Å². The number of ether oxygens (including phenoxy) is 1. The summed E-state index contributed by atoms with van der Waals surface area (Å²) in [6, 6.07) is 0. The van der Waals surface area contributed by atoms with Gasteiger partial charge in [-0.25, -0.2) is 0 Å². The maximum atomic E-state index is 11.1. The molecule has 1 heterocycles. The zero-order valence-corrected chi connectivity index (χ0v) is 7.74. The van der Waals surface area contributed by atoms with Crippen molar-refractivity contribution >= 4 is 17.2 Å². The fourth-order valence-electron chi connectivity index (χ4n) is 0.803. The van der Waals surface area contributed by atoms with Crippen molar-refractivity contribution in [1.82, 2.24) is 0 Å². The van der Waals surface area contributed by atoms with Crippen LogP contribution in [0.1, 0.15) is 17.3 Å². The summed E-state index contributed by atoms with van der Waals surface area (Å²) < 4.78 is 5.15. The van der Waals surface area contributed by atoms with Gasteiger partial charge in [-0.1, -0.05) is 0 Å². The lowest BCUT2D eigenvalue weighted by atomic mass is 10.3. The van der Waals surface area contributed by atoms with Crippen molar-refractivity contribution in [1.29, 1.82) is 0 Å². The number of carbonyl (C=O) groups is 1. The molecule has 1 amide bonds. The van der Waals surface area contributed by atoms with Crippen LogP contribution < -0.4 is 4.74 Å². The monoisotopic (exact) mass is 197 g/mol. The molecular formula is C7H7N3O2S. The Bertz CT molecular complexity index is 354. The smallest absolute Gasteiger partial charge is 0.253 e. The molecule has 0 saturated carbocycles. The second kappa shape index (κ2) is 4.49. The van der Waals surface area contributed by atoms with Crippen molar-refractivity contribution in [3.05, 3.63) is 26.8 Å².